The van der Waals surface area contributed by atoms with E-state index in [1.54, 1.807) is 12.4 Å². The van der Waals surface area contributed by atoms with Gasteiger partial charge in [-0.15, -0.1) is 0 Å². The van der Waals surface area contributed by atoms with E-state index in [2.05, 4.69) is 65.1 Å². The largest absolute Gasteiger partial charge is 0.353 e. The van der Waals surface area contributed by atoms with E-state index >= 15 is 0 Å². The van der Waals surface area contributed by atoms with Gasteiger partial charge in [-0.3, -0.25) is 14.8 Å². The Kier molecular flexibility index (Phi) is 7.24. The number of carbonyl (C=O) groups excluding carboxylic acids is 1. The zero-order chi connectivity index (χ0) is 27.8. The summed E-state index contributed by atoms with van der Waals surface area (Å²) >= 11 is 0. The van der Waals surface area contributed by atoms with Crippen LogP contribution in [0, 0.1) is 23.7 Å². The number of rotatable bonds is 6. The highest BCUT2D eigenvalue weighted by Gasteiger charge is 2.43. The average molecular weight is 555 g/mol. The van der Waals surface area contributed by atoms with Gasteiger partial charge in [0.1, 0.15) is 5.82 Å². The van der Waals surface area contributed by atoms with Crippen LogP contribution in [0.2, 0.25) is 0 Å². The first-order valence-corrected chi connectivity index (χ1v) is 15.2. The molecule has 4 atom stereocenters. The lowest BCUT2D eigenvalue weighted by molar-refractivity contribution is -0.142. The molecule has 1 saturated carbocycles. The Bertz CT molecular complexity index is 1520. The predicted octanol–water partition coefficient (Wildman–Crippen LogP) is 3.83. The summed E-state index contributed by atoms with van der Waals surface area (Å²) < 4.78 is 4.80. The second-order valence-corrected chi connectivity index (χ2v) is 12.3. The van der Waals surface area contributed by atoms with Crippen molar-refractivity contribution >= 4 is 33.9 Å². The zero-order valence-corrected chi connectivity index (χ0v) is 23.7. The van der Waals surface area contributed by atoms with E-state index in [0.717, 1.165) is 69.1 Å². The fraction of sp³-hybridized carbons (Fsp3) is 0.548. The Hall–Kier alpha value is -3.66. The lowest BCUT2D eigenvalue weighted by Gasteiger charge is -2.48. The molecule has 3 aromatic heterocycles. The Morgan fingerprint density at radius 3 is 2.63 bits per heavy atom. The van der Waals surface area contributed by atoms with Crippen LogP contribution in [0.5, 0.6) is 0 Å². The normalized spacial score (nSPS) is 24.5. The van der Waals surface area contributed by atoms with Crippen LogP contribution in [0.15, 0.2) is 47.4 Å². The van der Waals surface area contributed by atoms with Gasteiger partial charge in [0.25, 0.3) is 0 Å². The Morgan fingerprint density at radius 1 is 0.951 bits per heavy atom. The number of pyridine rings is 1. The van der Waals surface area contributed by atoms with Crippen molar-refractivity contribution in [2.75, 3.05) is 50.7 Å². The van der Waals surface area contributed by atoms with Crippen molar-refractivity contribution in [3.63, 3.8) is 0 Å². The molecule has 1 amide bonds. The summed E-state index contributed by atoms with van der Waals surface area (Å²) in [5.41, 5.74) is 4.38. The minimum Gasteiger partial charge on any atom is -0.353 e. The van der Waals surface area contributed by atoms with Crippen LogP contribution in [0.25, 0.3) is 22.2 Å². The van der Waals surface area contributed by atoms with Gasteiger partial charge in [-0.1, -0.05) is 25.8 Å². The number of benzene rings is 1. The van der Waals surface area contributed by atoms with Crippen molar-refractivity contribution < 1.29 is 9.42 Å². The van der Waals surface area contributed by atoms with Crippen molar-refractivity contribution in [2.45, 2.75) is 39.0 Å². The summed E-state index contributed by atoms with van der Waals surface area (Å²) in [6.07, 6.45) is 9.49. The Morgan fingerprint density at radius 2 is 1.76 bits per heavy atom. The van der Waals surface area contributed by atoms with Gasteiger partial charge < -0.3 is 14.7 Å². The minimum atomic E-state index is 0.0967. The maximum atomic E-state index is 14.1. The average Bonchev–Trinajstić information content (AvgIpc) is 3.48. The summed E-state index contributed by atoms with van der Waals surface area (Å²) in [6.45, 7) is 8.36. The third kappa shape index (κ3) is 5.49. The van der Waals surface area contributed by atoms with Gasteiger partial charge in [0.05, 0.1) is 17.0 Å². The number of carbonyl (C=O) groups is 1. The summed E-state index contributed by atoms with van der Waals surface area (Å²) in [5, 5.41) is 7.73. The third-order valence-corrected chi connectivity index (χ3v) is 9.46. The van der Waals surface area contributed by atoms with E-state index in [4.69, 9.17) is 4.63 Å². The van der Waals surface area contributed by atoms with Gasteiger partial charge in [0.15, 0.2) is 5.52 Å². The fourth-order valence-corrected chi connectivity index (χ4v) is 7.51. The van der Waals surface area contributed by atoms with Crippen molar-refractivity contribution in [1.29, 1.82) is 0 Å². The lowest BCUT2D eigenvalue weighted by Crippen LogP contribution is -2.57. The third-order valence-electron chi connectivity index (χ3n) is 9.46. The van der Waals surface area contributed by atoms with Crippen molar-refractivity contribution in [3.05, 3.63) is 48.3 Å². The Balaban J connectivity index is 0.995. The van der Waals surface area contributed by atoms with Gasteiger partial charge in [-0.05, 0) is 77.2 Å². The molecule has 10 heteroatoms. The molecular formula is C31H38N8O2. The summed E-state index contributed by atoms with van der Waals surface area (Å²) in [6, 6.07) is 10.3. The van der Waals surface area contributed by atoms with Crippen LogP contribution in [0.1, 0.15) is 38.2 Å². The topological polar surface area (TPSA) is 104 Å². The molecule has 0 spiro atoms. The van der Waals surface area contributed by atoms with Gasteiger partial charge >= 0.3 is 0 Å². The molecule has 0 bridgehead atoms. The quantitative estimate of drug-likeness (QED) is 0.352. The predicted molar refractivity (Wildman–Crippen MR) is 156 cm³/mol. The molecule has 41 heavy (non-hydrogen) atoms. The van der Waals surface area contributed by atoms with E-state index in [1.807, 2.05) is 12.1 Å². The van der Waals surface area contributed by atoms with Crippen LogP contribution in [0.3, 0.4) is 0 Å². The molecule has 5 heterocycles. The molecule has 0 unspecified atom stereocenters. The maximum Gasteiger partial charge on any atom is 0.227 e. The van der Waals surface area contributed by atoms with Crippen LogP contribution in [0.4, 0.5) is 5.82 Å². The van der Waals surface area contributed by atoms with Crippen LogP contribution in [-0.2, 0) is 11.2 Å². The van der Waals surface area contributed by atoms with E-state index < -0.39 is 0 Å². The summed E-state index contributed by atoms with van der Waals surface area (Å²) in [5.74, 6) is 2.96. The fourth-order valence-electron chi connectivity index (χ4n) is 7.51. The van der Waals surface area contributed by atoms with Gasteiger partial charge in [-0.2, -0.15) is 0 Å². The number of aromatic nitrogens is 5. The van der Waals surface area contributed by atoms with Crippen LogP contribution < -0.4 is 4.90 Å². The van der Waals surface area contributed by atoms with Crippen molar-refractivity contribution in [1.82, 2.24) is 35.1 Å². The molecule has 1 aromatic carbocycles. The first-order valence-electron chi connectivity index (χ1n) is 15.2. The highest BCUT2D eigenvalue weighted by atomic mass is 16.6. The molecule has 4 aromatic rings. The molecule has 2 aliphatic heterocycles. The number of anilines is 1. The molecule has 3 fully saturated rings. The van der Waals surface area contributed by atoms with Gasteiger partial charge in [0, 0.05) is 58.2 Å². The van der Waals surface area contributed by atoms with Crippen molar-refractivity contribution in [2.24, 2.45) is 23.7 Å². The molecule has 0 radical (unpaired) electrons. The first-order chi connectivity index (χ1) is 20.1. The first kappa shape index (κ1) is 26.3. The van der Waals surface area contributed by atoms with Crippen LogP contribution >= 0.6 is 0 Å². The number of nitrogens with zero attached hydrogens (tertiary/aromatic N) is 8. The number of hydrogen-bond acceptors (Lipinski definition) is 9. The Labute approximate surface area is 240 Å². The van der Waals surface area contributed by atoms with E-state index in [9.17, 15) is 4.79 Å². The number of hydrogen-bond donors (Lipinski definition) is 0. The molecule has 10 nitrogen and oxygen atoms in total. The second kappa shape index (κ2) is 11.3. The zero-order valence-electron chi connectivity index (χ0n) is 23.7. The lowest BCUT2D eigenvalue weighted by atomic mass is 9.69. The highest BCUT2D eigenvalue weighted by Crippen LogP contribution is 2.40. The second-order valence-electron chi connectivity index (χ2n) is 12.3. The van der Waals surface area contributed by atoms with E-state index in [1.165, 1.54) is 31.2 Å². The van der Waals surface area contributed by atoms with Crippen molar-refractivity contribution in [3.8, 4) is 0 Å². The molecule has 214 valence electrons. The highest BCUT2D eigenvalue weighted by molar-refractivity contribution is 5.80. The number of piperazine rings is 1. The minimum absolute atomic E-state index is 0.0967. The maximum absolute atomic E-state index is 14.1. The monoisotopic (exact) mass is 554 g/mol. The van der Waals surface area contributed by atoms with Gasteiger partial charge in [-0.25, -0.2) is 9.61 Å². The number of piperidine rings is 1. The molecule has 2 saturated heterocycles. The molecule has 7 rings (SSSR count). The molecule has 0 N–H and O–H groups in total. The van der Waals surface area contributed by atoms with E-state index in [-0.39, 0.29) is 5.92 Å². The summed E-state index contributed by atoms with van der Waals surface area (Å²) in [4.78, 5) is 34.5. The number of likely N-dealkylation sites (tertiary alicyclic amines) is 1. The van der Waals surface area contributed by atoms with Gasteiger partial charge in [0.2, 0.25) is 11.6 Å². The molecule has 1 aliphatic carbocycles. The SMILES string of the molecule is C[C@@H](Cc1ccc2nccnc2c1)CN1C[C@H]2CCCC[C@@H]2[C@H](C(=O)N2CCN(c3ccc4nonc4n3)CC2)C1. The van der Waals surface area contributed by atoms with Crippen LogP contribution in [-0.4, -0.2) is 86.8 Å². The number of amides is 1. The standard InChI is InChI=1S/C31H38N8O2/c1-21(16-22-6-7-26-28(17-22)33-11-10-32-26)18-37-19-23-4-2-3-5-24(23)25(20-37)31(40)39-14-12-38(13-15-39)29-9-8-27-30(34-29)36-41-35-27/h6-11,17,21,23-25H,2-5,12-16,18-20H2,1H3/t21-,23+,24-,25+/m0/s1. The van der Waals surface area contributed by atoms with E-state index in [0.29, 0.717) is 34.8 Å². The number of fused-ring (bicyclic) bond motifs is 3. The molecule has 3 aliphatic rings. The smallest absolute Gasteiger partial charge is 0.227 e. The molecular weight excluding hydrogens is 516 g/mol. The summed E-state index contributed by atoms with van der Waals surface area (Å²) in [7, 11) is 0.